The first-order valence-electron chi connectivity index (χ1n) is 4.66. The highest BCUT2D eigenvalue weighted by atomic mass is 32.2. The highest BCUT2D eigenvalue weighted by Crippen LogP contribution is 2.05. The third-order valence-electron chi connectivity index (χ3n) is 1.83. The fraction of sp³-hybridized carbons (Fsp3) is 0.300. The molecule has 0 spiro atoms. The van der Waals surface area contributed by atoms with E-state index < -0.39 is 21.5 Å². The summed E-state index contributed by atoms with van der Waals surface area (Å²) in [4.78, 5) is 11.2. The summed E-state index contributed by atoms with van der Waals surface area (Å²) in [6.07, 6.45) is 1.02. The van der Waals surface area contributed by atoms with Gasteiger partial charge >= 0.3 is 0 Å². The summed E-state index contributed by atoms with van der Waals surface area (Å²) in [5.74, 6) is -1.00. The quantitative estimate of drug-likeness (QED) is 0.723. The molecule has 1 amide bonds. The molecule has 0 aliphatic rings. The zero-order valence-electron chi connectivity index (χ0n) is 8.93. The second-order valence-corrected chi connectivity index (χ2v) is 5.73. The predicted molar refractivity (Wildman–Crippen MR) is 62.4 cm³/mol. The topological polar surface area (TPSA) is 89.3 Å². The predicted octanol–water partition coefficient (Wildman–Crippen LogP) is -0.0704. The van der Waals surface area contributed by atoms with Gasteiger partial charge in [-0.1, -0.05) is 12.1 Å². The fourth-order valence-electron chi connectivity index (χ4n) is 1.19. The Labute approximate surface area is 94.6 Å². The molecule has 16 heavy (non-hydrogen) atoms. The van der Waals surface area contributed by atoms with E-state index in [1.165, 1.54) is 0 Å². The molecule has 0 aliphatic carbocycles. The summed E-state index contributed by atoms with van der Waals surface area (Å²) in [6, 6.07) is 7.03. The molecule has 3 N–H and O–H groups in total. The van der Waals surface area contributed by atoms with Crippen molar-refractivity contribution in [3.05, 3.63) is 29.8 Å². The summed E-state index contributed by atoms with van der Waals surface area (Å²) in [5.41, 5.74) is 7.00. The smallest absolute Gasteiger partial charge is 0.235 e. The number of rotatable bonds is 4. The minimum Gasteiger partial charge on any atom is -0.399 e. The monoisotopic (exact) mass is 242 g/mol. The van der Waals surface area contributed by atoms with Crippen molar-refractivity contribution in [2.45, 2.75) is 6.54 Å². The molecule has 0 aliphatic heterocycles. The van der Waals surface area contributed by atoms with E-state index in [0.717, 1.165) is 11.8 Å². The highest BCUT2D eigenvalue weighted by molar-refractivity contribution is 7.91. The Morgan fingerprint density at radius 2 is 2.12 bits per heavy atom. The lowest BCUT2D eigenvalue weighted by molar-refractivity contribution is -0.118. The lowest BCUT2D eigenvalue weighted by Gasteiger charge is -2.05. The Balaban J connectivity index is 2.49. The third-order valence-corrected chi connectivity index (χ3v) is 2.62. The maximum Gasteiger partial charge on any atom is 0.235 e. The molecule has 0 unspecified atom stereocenters. The fourth-order valence-corrected chi connectivity index (χ4v) is 1.77. The molecular formula is C10H14N2O3S. The average molecular weight is 242 g/mol. The number of hydrogen-bond acceptors (Lipinski definition) is 4. The van der Waals surface area contributed by atoms with Gasteiger partial charge in [-0.2, -0.15) is 0 Å². The molecule has 1 rings (SSSR count). The molecule has 0 saturated carbocycles. The van der Waals surface area contributed by atoms with Gasteiger partial charge in [-0.3, -0.25) is 4.79 Å². The van der Waals surface area contributed by atoms with Gasteiger partial charge in [-0.25, -0.2) is 8.42 Å². The van der Waals surface area contributed by atoms with Crippen molar-refractivity contribution >= 4 is 21.4 Å². The number of carbonyl (C=O) groups is 1. The van der Waals surface area contributed by atoms with Crippen LogP contribution in [-0.2, 0) is 21.2 Å². The van der Waals surface area contributed by atoms with Gasteiger partial charge in [0.15, 0.2) is 9.84 Å². The standard InChI is InChI=1S/C10H14N2O3S/c1-16(14,15)7-10(13)12-6-8-3-2-4-9(11)5-8/h2-5H,6-7,11H2,1H3,(H,12,13). The van der Waals surface area contributed by atoms with Crippen LogP contribution in [0.3, 0.4) is 0 Å². The minimum atomic E-state index is -3.27. The first-order valence-corrected chi connectivity index (χ1v) is 6.72. The number of nitrogen functional groups attached to an aromatic ring is 1. The summed E-state index contributed by atoms with van der Waals surface area (Å²) in [7, 11) is -3.27. The van der Waals surface area contributed by atoms with Crippen molar-refractivity contribution in [1.29, 1.82) is 0 Å². The van der Waals surface area contributed by atoms with Crippen LogP contribution >= 0.6 is 0 Å². The van der Waals surface area contributed by atoms with Crippen molar-refractivity contribution in [3.8, 4) is 0 Å². The second kappa shape index (κ2) is 4.98. The third kappa shape index (κ3) is 4.79. The number of sulfone groups is 1. The van der Waals surface area contributed by atoms with Crippen LogP contribution in [0.4, 0.5) is 5.69 Å². The molecule has 0 aromatic heterocycles. The highest BCUT2D eigenvalue weighted by Gasteiger charge is 2.09. The van der Waals surface area contributed by atoms with Gasteiger partial charge in [-0.05, 0) is 17.7 Å². The normalized spacial score (nSPS) is 11.1. The molecule has 0 bridgehead atoms. The Hall–Kier alpha value is -1.56. The molecule has 5 nitrogen and oxygen atoms in total. The maximum atomic E-state index is 11.2. The van der Waals surface area contributed by atoms with Gasteiger partial charge in [-0.15, -0.1) is 0 Å². The van der Waals surface area contributed by atoms with E-state index in [1.807, 2.05) is 0 Å². The van der Waals surface area contributed by atoms with E-state index in [2.05, 4.69) is 5.32 Å². The lowest BCUT2D eigenvalue weighted by atomic mass is 10.2. The van der Waals surface area contributed by atoms with Crippen LogP contribution in [-0.4, -0.2) is 26.3 Å². The van der Waals surface area contributed by atoms with Crippen molar-refractivity contribution in [2.24, 2.45) is 0 Å². The maximum absolute atomic E-state index is 11.2. The molecule has 0 atom stereocenters. The summed E-state index contributed by atoms with van der Waals surface area (Å²) < 4.78 is 21.7. The zero-order valence-corrected chi connectivity index (χ0v) is 9.75. The van der Waals surface area contributed by atoms with Gasteiger partial charge in [0.05, 0.1) is 0 Å². The van der Waals surface area contributed by atoms with Gasteiger partial charge in [0.25, 0.3) is 0 Å². The van der Waals surface area contributed by atoms with Crippen LogP contribution in [0.25, 0.3) is 0 Å². The molecule has 0 radical (unpaired) electrons. The second-order valence-electron chi connectivity index (χ2n) is 3.59. The summed E-state index contributed by atoms with van der Waals surface area (Å²) in [6.45, 7) is 0.277. The Bertz CT molecular complexity index is 483. The van der Waals surface area contributed by atoms with Gasteiger partial charge in [0.2, 0.25) is 5.91 Å². The summed E-state index contributed by atoms with van der Waals surface area (Å²) in [5, 5.41) is 2.51. The lowest BCUT2D eigenvalue weighted by Crippen LogP contribution is -2.29. The number of benzene rings is 1. The van der Waals surface area contributed by atoms with Gasteiger partial charge in [0.1, 0.15) is 5.75 Å². The molecule has 1 aromatic carbocycles. The first-order chi connectivity index (χ1) is 7.37. The number of amides is 1. The SMILES string of the molecule is CS(=O)(=O)CC(=O)NCc1cccc(N)c1. The Morgan fingerprint density at radius 3 is 2.69 bits per heavy atom. The zero-order chi connectivity index (χ0) is 12.2. The van der Waals surface area contributed by atoms with E-state index in [9.17, 15) is 13.2 Å². The number of anilines is 1. The molecule has 88 valence electrons. The Morgan fingerprint density at radius 1 is 1.44 bits per heavy atom. The number of nitrogens with two attached hydrogens (primary N) is 1. The van der Waals surface area contributed by atoms with Crippen molar-refractivity contribution in [2.75, 3.05) is 17.7 Å². The Kier molecular flexibility index (Phi) is 3.89. The van der Waals surface area contributed by atoms with Crippen molar-refractivity contribution in [1.82, 2.24) is 5.32 Å². The molecule has 6 heteroatoms. The van der Waals surface area contributed by atoms with Crippen LogP contribution in [0.5, 0.6) is 0 Å². The van der Waals surface area contributed by atoms with Crippen LogP contribution in [0.15, 0.2) is 24.3 Å². The molecule has 1 aromatic rings. The molecule has 0 saturated heterocycles. The van der Waals surface area contributed by atoms with E-state index in [0.29, 0.717) is 5.69 Å². The largest absolute Gasteiger partial charge is 0.399 e. The van der Waals surface area contributed by atoms with Crippen LogP contribution < -0.4 is 11.1 Å². The minimum absolute atomic E-state index is 0.277. The molecule has 0 fully saturated rings. The summed E-state index contributed by atoms with van der Waals surface area (Å²) >= 11 is 0. The average Bonchev–Trinajstić information content (AvgIpc) is 2.12. The van der Waals surface area contributed by atoms with Crippen molar-refractivity contribution < 1.29 is 13.2 Å². The van der Waals surface area contributed by atoms with E-state index in [-0.39, 0.29) is 6.54 Å². The molecule has 0 heterocycles. The van der Waals surface area contributed by atoms with E-state index in [4.69, 9.17) is 5.73 Å². The van der Waals surface area contributed by atoms with Crippen molar-refractivity contribution in [3.63, 3.8) is 0 Å². The van der Waals surface area contributed by atoms with Gasteiger partial charge in [0, 0.05) is 18.5 Å². The number of hydrogen-bond donors (Lipinski definition) is 2. The van der Waals surface area contributed by atoms with E-state index >= 15 is 0 Å². The number of nitrogens with one attached hydrogen (secondary N) is 1. The van der Waals surface area contributed by atoms with Gasteiger partial charge < -0.3 is 11.1 Å². The van der Waals surface area contributed by atoms with Crippen LogP contribution in [0.1, 0.15) is 5.56 Å². The molecular weight excluding hydrogens is 228 g/mol. The first kappa shape index (κ1) is 12.5. The van der Waals surface area contributed by atoms with E-state index in [1.54, 1.807) is 24.3 Å². The van der Waals surface area contributed by atoms with Crippen LogP contribution in [0.2, 0.25) is 0 Å². The van der Waals surface area contributed by atoms with Crippen LogP contribution in [0, 0.1) is 0 Å². The number of carbonyl (C=O) groups excluding carboxylic acids is 1.